The molecule has 2 aromatic carbocycles. The first-order valence-corrected chi connectivity index (χ1v) is 8.64. The number of methoxy groups -OCH3 is 1. The van der Waals surface area contributed by atoms with Gasteiger partial charge >= 0.3 is 0 Å². The predicted molar refractivity (Wildman–Crippen MR) is 101 cm³/mol. The summed E-state index contributed by atoms with van der Waals surface area (Å²) in [6.07, 6.45) is 0. The number of hydrogen-bond donors (Lipinski definition) is 0. The number of amides is 1. The van der Waals surface area contributed by atoms with E-state index in [1.807, 2.05) is 50.2 Å². The van der Waals surface area contributed by atoms with Crippen LogP contribution < -0.4 is 14.4 Å². The average molecular weight is 364 g/mol. The van der Waals surface area contributed by atoms with Gasteiger partial charge in [0.05, 0.1) is 23.9 Å². The molecule has 6 heteroatoms. The highest BCUT2D eigenvalue weighted by Crippen LogP contribution is 2.40. The molecule has 0 unspecified atom stereocenters. The minimum atomic E-state index is -0.274. The number of hydrogen-bond acceptors (Lipinski definition) is 5. The molecule has 1 aromatic heterocycles. The topological polar surface area (TPSA) is 64.8 Å². The maximum absolute atomic E-state index is 13.1. The van der Waals surface area contributed by atoms with E-state index in [0.717, 1.165) is 22.4 Å². The van der Waals surface area contributed by atoms with Crippen LogP contribution in [0.4, 0.5) is 5.69 Å². The van der Waals surface area contributed by atoms with Crippen molar-refractivity contribution in [3.05, 3.63) is 58.8 Å². The van der Waals surface area contributed by atoms with Crippen molar-refractivity contribution in [1.29, 1.82) is 0 Å². The van der Waals surface area contributed by atoms with E-state index in [1.54, 1.807) is 14.2 Å². The number of fused-ring (bicyclic) bond motifs is 3. The van der Waals surface area contributed by atoms with Crippen LogP contribution in [0.1, 0.15) is 27.2 Å². The molecule has 138 valence electrons. The fourth-order valence-electron chi connectivity index (χ4n) is 3.25. The molecular weight excluding hydrogens is 344 g/mol. The molecule has 0 fully saturated rings. The van der Waals surface area contributed by atoms with Gasteiger partial charge in [0, 0.05) is 7.05 Å². The molecule has 0 aliphatic carbocycles. The normalized spacial score (nSPS) is 12.0. The van der Waals surface area contributed by atoms with E-state index >= 15 is 0 Å². The summed E-state index contributed by atoms with van der Waals surface area (Å²) in [5.74, 6) is 1.67. The third-order valence-corrected chi connectivity index (χ3v) is 4.74. The predicted octanol–water partition coefficient (Wildman–Crippen LogP) is 4.14. The van der Waals surface area contributed by atoms with Crippen molar-refractivity contribution in [3.8, 4) is 22.8 Å². The lowest BCUT2D eigenvalue weighted by Crippen LogP contribution is -2.28. The SMILES string of the molecule is COc1ccc(C)cc1N(C)C(=O)c1noc2c1COc1ccc(C)cc1-2. The second-order valence-corrected chi connectivity index (χ2v) is 6.67. The summed E-state index contributed by atoms with van der Waals surface area (Å²) in [5, 5.41) is 4.06. The van der Waals surface area contributed by atoms with Gasteiger partial charge in [-0.3, -0.25) is 4.79 Å². The van der Waals surface area contributed by atoms with E-state index in [4.69, 9.17) is 14.0 Å². The number of benzene rings is 2. The highest BCUT2D eigenvalue weighted by molar-refractivity contribution is 6.07. The van der Waals surface area contributed by atoms with E-state index < -0.39 is 0 Å². The number of carbonyl (C=O) groups is 1. The third-order valence-electron chi connectivity index (χ3n) is 4.74. The van der Waals surface area contributed by atoms with Gasteiger partial charge < -0.3 is 18.9 Å². The maximum Gasteiger partial charge on any atom is 0.280 e. The lowest BCUT2D eigenvalue weighted by atomic mass is 10.0. The average Bonchev–Trinajstić information content (AvgIpc) is 3.11. The summed E-state index contributed by atoms with van der Waals surface area (Å²) in [4.78, 5) is 14.7. The Kier molecular flexibility index (Phi) is 4.11. The molecule has 4 rings (SSSR count). The summed E-state index contributed by atoms with van der Waals surface area (Å²) < 4.78 is 16.8. The molecule has 1 aliphatic heterocycles. The highest BCUT2D eigenvalue weighted by Gasteiger charge is 2.31. The summed E-state index contributed by atoms with van der Waals surface area (Å²) in [6, 6.07) is 11.5. The van der Waals surface area contributed by atoms with Crippen molar-refractivity contribution in [3.63, 3.8) is 0 Å². The standard InChI is InChI=1S/C21H20N2O4/c1-12-5-7-17-14(9-12)20-15(11-26-17)19(22-27-20)21(24)23(3)16-10-13(2)6-8-18(16)25-4/h5-10H,11H2,1-4H3. The van der Waals surface area contributed by atoms with Gasteiger partial charge in [0.1, 0.15) is 18.1 Å². The van der Waals surface area contributed by atoms with Crippen LogP contribution in [0.15, 0.2) is 40.9 Å². The first-order chi connectivity index (χ1) is 13.0. The molecule has 0 N–H and O–H groups in total. The number of nitrogens with zero attached hydrogens (tertiary/aromatic N) is 2. The molecule has 6 nitrogen and oxygen atoms in total. The molecular formula is C21H20N2O4. The zero-order valence-electron chi connectivity index (χ0n) is 15.7. The van der Waals surface area contributed by atoms with E-state index in [-0.39, 0.29) is 18.2 Å². The zero-order valence-corrected chi connectivity index (χ0v) is 15.7. The lowest BCUT2D eigenvalue weighted by Gasteiger charge is -2.21. The van der Waals surface area contributed by atoms with Crippen LogP contribution in [0.5, 0.6) is 11.5 Å². The van der Waals surface area contributed by atoms with Gasteiger partial charge in [-0.15, -0.1) is 0 Å². The molecule has 0 bridgehead atoms. The van der Waals surface area contributed by atoms with Crippen LogP contribution in [0, 0.1) is 13.8 Å². The van der Waals surface area contributed by atoms with Gasteiger partial charge in [-0.05, 0) is 43.7 Å². The molecule has 1 aliphatic rings. The van der Waals surface area contributed by atoms with Crippen molar-refractivity contribution < 1.29 is 18.8 Å². The van der Waals surface area contributed by atoms with Gasteiger partial charge in [0.2, 0.25) is 0 Å². The van der Waals surface area contributed by atoms with E-state index in [1.165, 1.54) is 4.90 Å². The Morgan fingerprint density at radius 2 is 1.89 bits per heavy atom. The Balaban J connectivity index is 1.74. The molecule has 0 atom stereocenters. The third kappa shape index (κ3) is 2.83. The number of ether oxygens (including phenoxy) is 2. The van der Waals surface area contributed by atoms with Gasteiger partial charge in [0.25, 0.3) is 5.91 Å². The summed E-state index contributed by atoms with van der Waals surface area (Å²) in [5.41, 5.74) is 4.52. The van der Waals surface area contributed by atoms with E-state index in [9.17, 15) is 4.79 Å². The van der Waals surface area contributed by atoms with Crippen molar-refractivity contribution in [2.75, 3.05) is 19.1 Å². The quantitative estimate of drug-likeness (QED) is 0.699. The molecule has 0 radical (unpaired) electrons. The molecule has 1 amide bonds. The lowest BCUT2D eigenvalue weighted by molar-refractivity contribution is 0.0981. The number of rotatable bonds is 3. The Morgan fingerprint density at radius 1 is 1.15 bits per heavy atom. The van der Waals surface area contributed by atoms with E-state index in [0.29, 0.717) is 22.8 Å². The number of carbonyl (C=O) groups excluding carboxylic acids is 1. The second-order valence-electron chi connectivity index (χ2n) is 6.67. The second kappa shape index (κ2) is 6.46. The number of aromatic nitrogens is 1. The van der Waals surface area contributed by atoms with Gasteiger partial charge in [-0.2, -0.15) is 0 Å². The Morgan fingerprint density at radius 3 is 2.67 bits per heavy atom. The van der Waals surface area contributed by atoms with Crippen LogP contribution in [-0.4, -0.2) is 25.2 Å². The van der Waals surface area contributed by atoms with Gasteiger partial charge in [-0.25, -0.2) is 0 Å². The highest BCUT2D eigenvalue weighted by atomic mass is 16.5. The van der Waals surface area contributed by atoms with Crippen LogP contribution >= 0.6 is 0 Å². The minimum absolute atomic E-state index is 0.245. The fraction of sp³-hybridized carbons (Fsp3) is 0.238. The first-order valence-electron chi connectivity index (χ1n) is 8.64. The molecule has 2 heterocycles. The Bertz CT molecular complexity index is 1040. The largest absolute Gasteiger partial charge is 0.495 e. The van der Waals surface area contributed by atoms with Crippen LogP contribution in [-0.2, 0) is 6.61 Å². The van der Waals surface area contributed by atoms with Crippen LogP contribution in [0.25, 0.3) is 11.3 Å². The van der Waals surface area contributed by atoms with Crippen LogP contribution in [0.3, 0.4) is 0 Å². The fourth-order valence-corrected chi connectivity index (χ4v) is 3.25. The summed E-state index contributed by atoms with van der Waals surface area (Å²) >= 11 is 0. The zero-order chi connectivity index (χ0) is 19.1. The molecule has 0 saturated heterocycles. The minimum Gasteiger partial charge on any atom is -0.495 e. The number of anilines is 1. The van der Waals surface area contributed by atoms with Crippen molar-refractivity contribution >= 4 is 11.6 Å². The summed E-state index contributed by atoms with van der Waals surface area (Å²) in [6.45, 7) is 4.20. The molecule has 27 heavy (non-hydrogen) atoms. The van der Waals surface area contributed by atoms with Crippen molar-refractivity contribution in [2.24, 2.45) is 0 Å². The van der Waals surface area contributed by atoms with Gasteiger partial charge in [-0.1, -0.05) is 22.9 Å². The first kappa shape index (κ1) is 17.1. The Labute approximate surface area is 157 Å². The van der Waals surface area contributed by atoms with Crippen molar-refractivity contribution in [1.82, 2.24) is 5.16 Å². The smallest absolute Gasteiger partial charge is 0.280 e. The van der Waals surface area contributed by atoms with Crippen molar-refractivity contribution in [2.45, 2.75) is 20.5 Å². The number of aryl methyl sites for hydroxylation is 2. The Hall–Kier alpha value is -3.28. The molecule has 0 saturated carbocycles. The maximum atomic E-state index is 13.1. The molecule has 0 spiro atoms. The van der Waals surface area contributed by atoms with Gasteiger partial charge in [0.15, 0.2) is 11.5 Å². The van der Waals surface area contributed by atoms with E-state index in [2.05, 4.69) is 5.16 Å². The monoisotopic (exact) mass is 364 g/mol. The van der Waals surface area contributed by atoms with Crippen LogP contribution in [0.2, 0.25) is 0 Å². The molecule has 3 aromatic rings. The summed E-state index contributed by atoms with van der Waals surface area (Å²) in [7, 11) is 3.28.